The molecule has 1 aromatic carbocycles. The summed E-state index contributed by atoms with van der Waals surface area (Å²) in [6.07, 6.45) is -0.772. The van der Waals surface area contributed by atoms with Crippen LogP contribution in [0.1, 0.15) is 13.8 Å². The van der Waals surface area contributed by atoms with Crippen LogP contribution in [0, 0.1) is 11.6 Å². The second-order valence-electron chi connectivity index (χ2n) is 3.98. The average Bonchev–Trinajstić information content (AvgIpc) is 2.38. The molecule has 114 valence electrons. The summed E-state index contributed by atoms with van der Waals surface area (Å²) in [4.78, 5) is 11.6. The van der Waals surface area contributed by atoms with E-state index in [0.717, 1.165) is 18.7 Å². The molecule has 0 radical (unpaired) electrons. The molecule has 20 heavy (non-hydrogen) atoms. The van der Waals surface area contributed by atoms with E-state index in [1.54, 1.807) is 6.92 Å². The fraction of sp³-hybridized carbons (Fsp3) is 0.462. The van der Waals surface area contributed by atoms with Gasteiger partial charge in [-0.15, -0.1) is 12.4 Å². The van der Waals surface area contributed by atoms with Crippen molar-refractivity contribution in [1.29, 1.82) is 0 Å². The molecule has 0 aliphatic heterocycles. The molecule has 0 saturated carbocycles. The molecular weight excluding hydrogens is 290 g/mol. The van der Waals surface area contributed by atoms with E-state index >= 15 is 0 Å². The van der Waals surface area contributed by atoms with Crippen LogP contribution in [0.2, 0.25) is 0 Å². The highest BCUT2D eigenvalue weighted by Gasteiger charge is 2.14. The first kappa shape index (κ1) is 18.6. The lowest BCUT2D eigenvalue weighted by Gasteiger charge is -2.14. The number of rotatable bonds is 7. The van der Waals surface area contributed by atoms with Gasteiger partial charge < -0.3 is 15.4 Å². The predicted molar refractivity (Wildman–Crippen MR) is 75.2 cm³/mol. The highest BCUT2D eigenvalue weighted by atomic mass is 35.5. The lowest BCUT2D eigenvalue weighted by molar-refractivity contribution is -0.127. The molecule has 1 aromatic rings. The summed E-state index contributed by atoms with van der Waals surface area (Å²) in [6.45, 7) is 5.50. The van der Waals surface area contributed by atoms with Crippen LogP contribution in [0.25, 0.3) is 0 Å². The highest BCUT2D eigenvalue weighted by molar-refractivity contribution is 5.85. The van der Waals surface area contributed by atoms with Crippen molar-refractivity contribution in [3.63, 3.8) is 0 Å². The number of carbonyl (C=O) groups is 1. The molecule has 0 saturated heterocycles. The fourth-order valence-corrected chi connectivity index (χ4v) is 1.40. The SMILES string of the molecule is CCNCCNC(=O)C(C)Oc1ccc(F)c(F)c1.Cl. The molecule has 4 nitrogen and oxygen atoms in total. The molecule has 2 N–H and O–H groups in total. The minimum Gasteiger partial charge on any atom is -0.481 e. The molecule has 7 heteroatoms. The van der Waals surface area contributed by atoms with Crippen LogP contribution in [0.3, 0.4) is 0 Å². The van der Waals surface area contributed by atoms with Gasteiger partial charge in [-0.05, 0) is 25.6 Å². The normalized spacial score (nSPS) is 11.4. The zero-order valence-corrected chi connectivity index (χ0v) is 12.2. The van der Waals surface area contributed by atoms with Crippen LogP contribution in [0.4, 0.5) is 8.78 Å². The van der Waals surface area contributed by atoms with Crippen LogP contribution in [0.5, 0.6) is 5.75 Å². The number of benzene rings is 1. The van der Waals surface area contributed by atoms with Crippen molar-refractivity contribution in [2.24, 2.45) is 0 Å². The molecule has 0 fully saturated rings. The minimum absolute atomic E-state index is 0. The molecule has 1 unspecified atom stereocenters. The molecule has 0 bridgehead atoms. The fourth-order valence-electron chi connectivity index (χ4n) is 1.40. The number of hydrogen-bond donors (Lipinski definition) is 2. The van der Waals surface area contributed by atoms with E-state index in [1.807, 2.05) is 6.92 Å². The van der Waals surface area contributed by atoms with Gasteiger partial charge in [-0.3, -0.25) is 4.79 Å². The summed E-state index contributed by atoms with van der Waals surface area (Å²) in [7, 11) is 0. The Hall–Kier alpha value is -1.40. The third-order valence-electron chi connectivity index (χ3n) is 2.42. The molecule has 1 rings (SSSR count). The molecule has 0 aliphatic rings. The number of carbonyl (C=O) groups excluding carboxylic acids is 1. The maximum Gasteiger partial charge on any atom is 0.260 e. The number of nitrogens with one attached hydrogen (secondary N) is 2. The number of halogens is 3. The van der Waals surface area contributed by atoms with Crippen molar-refractivity contribution >= 4 is 18.3 Å². The average molecular weight is 309 g/mol. The Bertz CT molecular complexity index is 433. The van der Waals surface area contributed by atoms with E-state index < -0.39 is 17.7 Å². The minimum atomic E-state index is -1.00. The molecular formula is C13H19ClF2N2O2. The lowest BCUT2D eigenvalue weighted by Crippen LogP contribution is -2.39. The third-order valence-corrected chi connectivity index (χ3v) is 2.42. The molecule has 0 aliphatic carbocycles. The summed E-state index contributed by atoms with van der Waals surface area (Å²) in [5.74, 6) is -2.14. The van der Waals surface area contributed by atoms with Gasteiger partial charge in [0, 0.05) is 19.2 Å². The van der Waals surface area contributed by atoms with Crippen molar-refractivity contribution in [2.45, 2.75) is 20.0 Å². The molecule has 1 amide bonds. The van der Waals surface area contributed by atoms with Crippen molar-refractivity contribution < 1.29 is 18.3 Å². The smallest absolute Gasteiger partial charge is 0.260 e. The zero-order chi connectivity index (χ0) is 14.3. The van der Waals surface area contributed by atoms with E-state index in [-0.39, 0.29) is 24.1 Å². The summed E-state index contributed by atoms with van der Waals surface area (Å²) in [5, 5.41) is 5.73. The molecule has 1 atom stereocenters. The summed E-state index contributed by atoms with van der Waals surface area (Å²) in [6, 6.07) is 3.15. The largest absolute Gasteiger partial charge is 0.481 e. The Morgan fingerprint density at radius 2 is 2.00 bits per heavy atom. The standard InChI is InChI=1S/C13H18F2N2O2.ClH/c1-3-16-6-7-17-13(18)9(2)19-10-4-5-11(14)12(15)8-10;/h4-5,8-9,16H,3,6-7H2,1-2H3,(H,17,18);1H. The van der Waals surface area contributed by atoms with Gasteiger partial charge in [0.05, 0.1) is 0 Å². The van der Waals surface area contributed by atoms with Crippen LogP contribution < -0.4 is 15.4 Å². The van der Waals surface area contributed by atoms with E-state index in [2.05, 4.69) is 10.6 Å². The maximum atomic E-state index is 13.0. The first-order valence-electron chi connectivity index (χ1n) is 6.14. The van der Waals surface area contributed by atoms with E-state index in [4.69, 9.17) is 4.74 Å². The number of hydrogen-bond acceptors (Lipinski definition) is 3. The van der Waals surface area contributed by atoms with E-state index in [1.165, 1.54) is 6.07 Å². The first-order valence-corrected chi connectivity index (χ1v) is 6.14. The topological polar surface area (TPSA) is 50.4 Å². The Morgan fingerprint density at radius 1 is 1.30 bits per heavy atom. The van der Waals surface area contributed by atoms with Gasteiger partial charge in [0.25, 0.3) is 5.91 Å². The Balaban J connectivity index is 0.00000361. The van der Waals surface area contributed by atoms with E-state index in [9.17, 15) is 13.6 Å². The van der Waals surface area contributed by atoms with Gasteiger partial charge in [0.2, 0.25) is 0 Å². The first-order chi connectivity index (χ1) is 9.04. The van der Waals surface area contributed by atoms with Gasteiger partial charge in [-0.2, -0.15) is 0 Å². The zero-order valence-electron chi connectivity index (χ0n) is 11.4. The number of ether oxygens (including phenoxy) is 1. The lowest BCUT2D eigenvalue weighted by atomic mass is 10.3. The second-order valence-corrected chi connectivity index (χ2v) is 3.98. The van der Waals surface area contributed by atoms with Gasteiger partial charge in [0.15, 0.2) is 17.7 Å². The van der Waals surface area contributed by atoms with E-state index in [0.29, 0.717) is 13.1 Å². The van der Waals surface area contributed by atoms with Crippen molar-refractivity contribution in [2.75, 3.05) is 19.6 Å². The molecule has 0 spiro atoms. The third kappa shape index (κ3) is 6.16. The van der Waals surface area contributed by atoms with Gasteiger partial charge >= 0.3 is 0 Å². The van der Waals surface area contributed by atoms with Gasteiger partial charge in [-0.25, -0.2) is 8.78 Å². The number of amides is 1. The van der Waals surface area contributed by atoms with Crippen LogP contribution >= 0.6 is 12.4 Å². The monoisotopic (exact) mass is 308 g/mol. The van der Waals surface area contributed by atoms with Crippen molar-refractivity contribution in [3.05, 3.63) is 29.8 Å². The van der Waals surface area contributed by atoms with Crippen molar-refractivity contribution in [1.82, 2.24) is 10.6 Å². The van der Waals surface area contributed by atoms with Gasteiger partial charge in [0.1, 0.15) is 5.75 Å². The van der Waals surface area contributed by atoms with Gasteiger partial charge in [-0.1, -0.05) is 6.92 Å². The molecule has 0 aromatic heterocycles. The maximum absolute atomic E-state index is 13.0. The predicted octanol–water partition coefficient (Wildman–Crippen LogP) is 1.88. The van der Waals surface area contributed by atoms with Crippen molar-refractivity contribution in [3.8, 4) is 5.75 Å². The highest BCUT2D eigenvalue weighted by Crippen LogP contribution is 2.16. The Morgan fingerprint density at radius 3 is 2.60 bits per heavy atom. The van der Waals surface area contributed by atoms with Crippen LogP contribution in [0.15, 0.2) is 18.2 Å². The summed E-state index contributed by atoms with van der Waals surface area (Å²) in [5.41, 5.74) is 0. The Labute approximate surface area is 123 Å². The summed E-state index contributed by atoms with van der Waals surface area (Å²) >= 11 is 0. The number of likely N-dealkylation sites (N-methyl/N-ethyl adjacent to an activating group) is 1. The molecule has 0 heterocycles. The Kier molecular flexibility index (Phi) is 8.83. The van der Waals surface area contributed by atoms with Crippen LogP contribution in [-0.2, 0) is 4.79 Å². The summed E-state index contributed by atoms with van der Waals surface area (Å²) < 4.78 is 30.9. The van der Waals surface area contributed by atoms with Crippen LogP contribution in [-0.4, -0.2) is 31.6 Å². The quantitative estimate of drug-likeness (QED) is 0.756. The second kappa shape index (κ2) is 9.50.